The first-order valence-corrected chi connectivity index (χ1v) is 13.8. The van der Waals surface area contributed by atoms with Crippen molar-refractivity contribution in [1.82, 2.24) is 9.97 Å². The van der Waals surface area contributed by atoms with Crippen LogP contribution in [0.5, 0.6) is 11.5 Å². The molecule has 208 valence electrons. The minimum atomic E-state index is -4.31. The Hall–Kier alpha value is -4.35. The van der Waals surface area contributed by atoms with Crippen LogP contribution in [0.1, 0.15) is 11.3 Å². The van der Waals surface area contributed by atoms with Crippen molar-refractivity contribution in [2.45, 2.75) is 18.7 Å². The molecule has 40 heavy (non-hydrogen) atoms. The molecule has 0 unspecified atom stereocenters. The van der Waals surface area contributed by atoms with Crippen molar-refractivity contribution in [2.75, 3.05) is 30.4 Å². The molecule has 0 atom stereocenters. The second-order valence-electron chi connectivity index (χ2n) is 8.85. The van der Waals surface area contributed by atoms with E-state index < -0.39 is 22.5 Å². The fourth-order valence-electron chi connectivity index (χ4n) is 4.02. The minimum absolute atomic E-state index is 0.105. The molecule has 0 fully saturated rings. The molecule has 10 nitrogen and oxygen atoms in total. The van der Waals surface area contributed by atoms with Gasteiger partial charge in [-0.1, -0.05) is 29.8 Å². The number of carbonyl (C=O) groups is 1. The highest BCUT2D eigenvalue weighted by molar-refractivity contribution is 7.93. The second-order valence-corrected chi connectivity index (χ2v) is 11.1. The minimum Gasteiger partial charge on any atom is -0.495 e. The quantitative estimate of drug-likeness (QED) is 0.296. The number of hydrogen-bond acceptors (Lipinski definition) is 7. The largest absolute Gasteiger partial charge is 0.495 e. The van der Waals surface area contributed by atoms with Gasteiger partial charge in [0, 0.05) is 23.0 Å². The van der Waals surface area contributed by atoms with Crippen LogP contribution in [0.3, 0.4) is 0 Å². The molecular weight excluding hydrogens is 556 g/mol. The first kappa shape index (κ1) is 28.7. The number of methoxy groups -OCH3 is 2. The lowest BCUT2D eigenvalue weighted by Crippen LogP contribution is -2.38. The second kappa shape index (κ2) is 11.8. The van der Waals surface area contributed by atoms with Crippen molar-refractivity contribution in [2.24, 2.45) is 0 Å². The van der Waals surface area contributed by atoms with Gasteiger partial charge in [-0.15, -0.1) is 0 Å². The van der Waals surface area contributed by atoms with Crippen LogP contribution in [0.15, 0.2) is 76.4 Å². The number of benzene rings is 3. The van der Waals surface area contributed by atoms with E-state index in [1.807, 2.05) is 0 Å². The van der Waals surface area contributed by atoms with Gasteiger partial charge in [-0.2, -0.15) is 0 Å². The Labute approximate surface area is 236 Å². The van der Waals surface area contributed by atoms with Gasteiger partial charge >= 0.3 is 0 Å². The highest BCUT2D eigenvalue weighted by atomic mass is 35.5. The average molecular weight is 583 g/mol. The van der Waals surface area contributed by atoms with Crippen molar-refractivity contribution < 1.29 is 22.7 Å². The van der Waals surface area contributed by atoms with Crippen molar-refractivity contribution in [1.29, 1.82) is 0 Å². The van der Waals surface area contributed by atoms with E-state index >= 15 is 0 Å². The van der Waals surface area contributed by atoms with Gasteiger partial charge in [0.15, 0.2) is 0 Å². The van der Waals surface area contributed by atoms with Crippen LogP contribution in [-0.4, -0.2) is 45.1 Å². The molecule has 0 aliphatic heterocycles. The number of nitrogens with zero attached hydrogens (tertiary/aromatic N) is 2. The number of ether oxygens (including phenoxy) is 2. The van der Waals surface area contributed by atoms with Gasteiger partial charge < -0.3 is 19.8 Å². The Kier molecular flexibility index (Phi) is 8.46. The van der Waals surface area contributed by atoms with E-state index in [-0.39, 0.29) is 26.9 Å². The monoisotopic (exact) mass is 582 g/mol. The first-order valence-electron chi connectivity index (χ1n) is 12.0. The van der Waals surface area contributed by atoms with Crippen molar-refractivity contribution in [3.05, 3.63) is 93.4 Å². The van der Waals surface area contributed by atoms with Crippen molar-refractivity contribution >= 4 is 38.9 Å². The molecule has 1 heterocycles. The van der Waals surface area contributed by atoms with Crippen molar-refractivity contribution in [3.8, 4) is 22.9 Å². The highest BCUT2D eigenvalue weighted by Crippen LogP contribution is 2.34. The molecule has 1 amide bonds. The number of amides is 1. The third kappa shape index (κ3) is 6.27. The van der Waals surface area contributed by atoms with Gasteiger partial charge in [-0.25, -0.2) is 13.4 Å². The standard InChI is InChI=1S/C28H27ClN4O6S/c1-17-8-10-24(39-4)25(12-17)40(36,37)33(21-9-11-23(38-3)22(29)15-21)16-27(35)31-20-7-5-6-19(14-20)28-30-18(2)13-26(34)32-28/h5-15H,16H2,1-4H3,(H,31,35)(H,30,32,34). The maximum atomic E-state index is 14.0. The summed E-state index contributed by atoms with van der Waals surface area (Å²) in [7, 11) is -1.50. The summed E-state index contributed by atoms with van der Waals surface area (Å²) in [5, 5.41) is 2.90. The molecule has 12 heteroatoms. The SMILES string of the molecule is COc1ccc(N(CC(=O)Nc2cccc(-c3nc(C)cc(=O)[nH]3)c2)S(=O)(=O)c2cc(C)ccc2OC)cc1Cl. The predicted molar refractivity (Wildman–Crippen MR) is 154 cm³/mol. The van der Waals surface area contributed by atoms with Gasteiger partial charge in [0.2, 0.25) is 5.91 Å². The number of halogens is 1. The summed E-state index contributed by atoms with van der Waals surface area (Å²) >= 11 is 6.31. The van der Waals surface area contributed by atoms with Crippen molar-refractivity contribution in [3.63, 3.8) is 0 Å². The Morgan fingerprint density at radius 2 is 1.73 bits per heavy atom. The molecule has 0 aliphatic rings. The lowest BCUT2D eigenvalue weighted by molar-refractivity contribution is -0.114. The van der Waals surface area contributed by atoms with E-state index in [1.54, 1.807) is 50.2 Å². The number of aromatic amines is 1. The number of rotatable bonds is 9. The number of H-pyrrole nitrogens is 1. The summed E-state index contributed by atoms with van der Waals surface area (Å²) in [4.78, 5) is 32.1. The van der Waals surface area contributed by atoms with E-state index in [9.17, 15) is 18.0 Å². The van der Waals surface area contributed by atoms with E-state index in [2.05, 4.69) is 15.3 Å². The molecular formula is C28H27ClN4O6S. The maximum Gasteiger partial charge on any atom is 0.268 e. The molecule has 3 aromatic carbocycles. The van der Waals surface area contributed by atoms with Gasteiger partial charge in [0.1, 0.15) is 28.8 Å². The molecule has 0 saturated carbocycles. The fourth-order valence-corrected chi connectivity index (χ4v) is 5.93. The maximum absolute atomic E-state index is 14.0. The number of aromatic nitrogens is 2. The van der Waals surface area contributed by atoms with Gasteiger partial charge in [0.05, 0.1) is 24.9 Å². The molecule has 2 N–H and O–H groups in total. The topological polar surface area (TPSA) is 131 Å². The molecule has 0 saturated heterocycles. The molecule has 4 aromatic rings. The summed E-state index contributed by atoms with van der Waals surface area (Å²) in [6.07, 6.45) is 0. The number of anilines is 2. The third-order valence-electron chi connectivity index (χ3n) is 5.89. The Balaban J connectivity index is 1.70. The van der Waals surface area contributed by atoms with Crippen LogP contribution in [0.4, 0.5) is 11.4 Å². The number of hydrogen-bond donors (Lipinski definition) is 2. The van der Waals surface area contributed by atoms with E-state index in [0.717, 1.165) is 4.31 Å². The Bertz CT molecular complexity index is 1740. The fraction of sp³-hybridized carbons (Fsp3) is 0.179. The third-order valence-corrected chi connectivity index (χ3v) is 7.98. The van der Waals surface area contributed by atoms with Crippen LogP contribution < -0.4 is 24.7 Å². The number of carbonyl (C=O) groups excluding carboxylic acids is 1. The first-order chi connectivity index (χ1) is 19.0. The summed E-state index contributed by atoms with van der Waals surface area (Å²) in [5.41, 5.74) is 2.02. The zero-order valence-electron chi connectivity index (χ0n) is 22.2. The van der Waals surface area contributed by atoms with Gasteiger partial charge in [-0.05, 0) is 61.9 Å². The van der Waals surface area contributed by atoms with Crippen LogP contribution in [0.2, 0.25) is 5.02 Å². The van der Waals surface area contributed by atoms with E-state index in [1.165, 1.54) is 44.6 Å². The molecule has 1 aromatic heterocycles. The molecule has 0 bridgehead atoms. The lowest BCUT2D eigenvalue weighted by Gasteiger charge is -2.25. The molecule has 0 aliphatic carbocycles. The predicted octanol–water partition coefficient (Wildman–Crippen LogP) is 4.56. The summed E-state index contributed by atoms with van der Waals surface area (Å²) < 4.78 is 39.4. The van der Waals surface area contributed by atoms with E-state index in [0.29, 0.717) is 34.1 Å². The molecule has 4 rings (SSSR count). The molecule has 0 radical (unpaired) electrons. The smallest absolute Gasteiger partial charge is 0.268 e. The average Bonchev–Trinajstić information content (AvgIpc) is 2.91. The zero-order chi connectivity index (χ0) is 29.0. The Morgan fingerprint density at radius 3 is 2.40 bits per heavy atom. The van der Waals surface area contributed by atoms with Gasteiger partial charge in [0.25, 0.3) is 15.6 Å². The highest BCUT2D eigenvalue weighted by Gasteiger charge is 2.31. The van der Waals surface area contributed by atoms with Crippen LogP contribution in [-0.2, 0) is 14.8 Å². The zero-order valence-corrected chi connectivity index (χ0v) is 23.8. The summed E-state index contributed by atoms with van der Waals surface area (Å²) in [5.74, 6) is 0.192. The normalized spacial score (nSPS) is 11.1. The van der Waals surface area contributed by atoms with Crippen LogP contribution in [0, 0.1) is 13.8 Å². The molecule has 0 spiro atoms. The Morgan fingerprint density at radius 1 is 1.00 bits per heavy atom. The van der Waals surface area contributed by atoms with Crippen LogP contribution in [0.25, 0.3) is 11.4 Å². The van der Waals surface area contributed by atoms with Gasteiger partial charge in [-0.3, -0.25) is 13.9 Å². The summed E-state index contributed by atoms with van der Waals surface area (Å²) in [6, 6.07) is 17.2. The summed E-state index contributed by atoms with van der Waals surface area (Å²) in [6.45, 7) is 2.88. The van der Waals surface area contributed by atoms with E-state index in [4.69, 9.17) is 21.1 Å². The van der Waals surface area contributed by atoms with Crippen LogP contribution >= 0.6 is 11.6 Å². The number of sulfonamides is 1. The lowest BCUT2D eigenvalue weighted by atomic mass is 10.2. The number of aryl methyl sites for hydroxylation is 2. The number of nitrogens with one attached hydrogen (secondary N) is 2.